The number of rotatable bonds is 3. The van der Waals surface area contributed by atoms with E-state index in [0.29, 0.717) is 5.75 Å². The summed E-state index contributed by atoms with van der Waals surface area (Å²) in [6, 6.07) is 16.1. The Labute approximate surface area is 177 Å². The maximum atomic E-state index is 9.56. The van der Waals surface area contributed by atoms with Crippen LogP contribution < -0.4 is 14.5 Å². The molecule has 0 spiro atoms. The summed E-state index contributed by atoms with van der Waals surface area (Å²) in [7, 11) is 0. The lowest BCUT2D eigenvalue weighted by Crippen LogP contribution is -2.46. The molecule has 0 bridgehead atoms. The van der Waals surface area contributed by atoms with Gasteiger partial charge in [-0.1, -0.05) is 6.07 Å². The molecule has 1 N–H and O–H groups in total. The molecule has 5 nitrogen and oxygen atoms in total. The Hall–Kier alpha value is -3.21. The molecular weight excluding hydrogens is 374 g/mol. The van der Waals surface area contributed by atoms with Gasteiger partial charge >= 0.3 is 0 Å². The lowest BCUT2D eigenvalue weighted by Gasteiger charge is -2.38. The van der Waals surface area contributed by atoms with Gasteiger partial charge in [-0.15, -0.1) is 0 Å². The zero-order valence-electron chi connectivity index (χ0n) is 17.5. The third-order valence-corrected chi connectivity index (χ3v) is 5.99. The van der Waals surface area contributed by atoms with Gasteiger partial charge in [0.1, 0.15) is 17.1 Å². The Bertz CT molecular complexity index is 1040. The summed E-state index contributed by atoms with van der Waals surface area (Å²) < 4.78 is 6.22. The first-order valence-corrected chi connectivity index (χ1v) is 10.5. The molecule has 1 saturated heterocycles. The fraction of sp³-hybridized carbons (Fsp3) is 0.320. The summed E-state index contributed by atoms with van der Waals surface area (Å²) in [5.74, 6) is 1.30. The highest BCUT2D eigenvalue weighted by molar-refractivity contribution is 5.81. The van der Waals surface area contributed by atoms with Crippen LogP contribution >= 0.6 is 0 Å². The maximum Gasteiger partial charge on any atom is 0.124 e. The zero-order valence-corrected chi connectivity index (χ0v) is 17.5. The molecule has 0 radical (unpaired) electrons. The van der Waals surface area contributed by atoms with Crippen molar-refractivity contribution in [2.24, 2.45) is 0 Å². The molecule has 0 unspecified atom stereocenters. The summed E-state index contributed by atoms with van der Waals surface area (Å²) in [6.45, 7) is 8.06. The molecule has 30 heavy (non-hydrogen) atoms. The minimum atomic E-state index is -0.162. The van der Waals surface area contributed by atoms with E-state index in [9.17, 15) is 5.11 Å². The van der Waals surface area contributed by atoms with Crippen molar-refractivity contribution in [2.45, 2.75) is 25.9 Å². The third kappa shape index (κ3) is 3.56. The average Bonchev–Trinajstić information content (AvgIpc) is 3.07. The van der Waals surface area contributed by atoms with E-state index in [1.165, 1.54) is 16.8 Å². The fourth-order valence-electron chi connectivity index (χ4n) is 4.52. The Morgan fingerprint density at radius 1 is 0.967 bits per heavy atom. The molecule has 5 heteroatoms. The second-order valence-corrected chi connectivity index (χ2v) is 8.75. The van der Waals surface area contributed by atoms with E-state index >= 15 is 0 Å². The van der Waals surface area contributed by atoms with Crippen molar-refractivity contribution in [3.8, 4) is 22.6 Å². The molecule has 3 aromatic rings. The Balaban J connectivity index is 1.45. The van der Waals surface area contributed by atoms with E-state index in [4.69, 9.17) is 4.74 Å². The first kappa shape index (κ1) is 18.8. The van der Waals surface area contributed by atoms with Gasteiger partial charge in [0.25, 0.3) is 0 Å². The number of phenols is 1. The quantitative estimate of drug-likeness (QED) is 0.701. The monoisotopic (exact) mass is 401 g/mol. The standard InChI is InChI=1S/C25H27N3O2/c1-25(2)16-19-14-23(22(15-24(19)30-25)18-4-3-9-26-17-18)28-12-10-27(11-13-28)20-5-7-21(29)8-6-20/h3-9,14-15,17,29H,10-13,16H2,1-2H3. The summed E-state index contributed by atoms with van der Waals surface area (Å²) in [4.78, 5) is 9.19. The molecule has 5 rings (SSSR count). The summed E-state index contributed by atoms with van der Waals surface area (Å²) in [5, 5.41) is 9.56. The van der Waals surface area contributed by atoms with Crippen LogP contribution in [0.1, 0.15) is 19.4 Å². The normalized spacial score (nSPS) is 17.5. The van der Waals surface area contributed by atoms with Crippen molar-refractivity contribution < 1.29 is 9.84 Å². The Kier molecular flexibility index (Phi) is 4.54. The fourth-order valence-corrected chi connectivity index (χ4v) is 4.52. The van der Waals surface area contributed by atoms with E-state index in [1.54, 1.807) is 12.1 Å². The number of hydrogen-bond acceptors (Lipinski definition) is 5. The molecule has 0 amide bonds. The van der Waals surface area contributed by atoms with Gasteiger partial charge in [-0.05, 0) is 56.3 Å². The minimum Gasteiger partial charge on any atom is -0.508 e. The molecule has 2 aliphatic heterocycles. The van der Waals surface area contributed by atoms with Crippen LogP contribution in [0, 0.1) is 0 Å². The molecule has 0 aliphatic carbocycles. The van der Waals surface area contributed by atoms with Crippen molar-refractivity contribution in [1.29, 1.82) is 0 Å². The molecule has 0 saturated carbocycles. The Morgan fingerprint density at radius 2 is 1.70 bits per heavy atom. The van der Waals surface area contributed by atoms with Crippen molar-refractivity contribution in [3.05, 3.63) is 66.5 Å². The first-order valence-electron chi connectivity index (χ1n) is 10.5. The average molecular weight is 402 g/mol. The van der Waals surface area contributed by atoms with E-state index in [2.05, 4.69) is 46.8 Å². The van der Waals surface area contributed by atoms with Crippen molar-refractivity contribution in [3.63, 3.8) is 0 Å². The van der Waals surface area contributed by atoms with Crippen LogP contribution in [0.5, 0.6) is 11.5 Å². The van der Waals surface area contributed by atoms with Crippen LogP contribution in [-0.4, -0.2) is 41.9 Å². The van der Waals surface area contributed by atoms with Gasteiger partial charge in [-0.25, -0.2) is 0 Å². The van der Waals surface area contributed by atoms with Crippen LogP contribution in [0.2, 0.25) is 0 Å². The summed E-state index contributed by atoms with van der Waals surface area (Å²) >= 11 is 0. The van der Waals surface area contributed by atoms with Crippen LogP contribution in [-0.2, 0) is 6.42 Å². The number of phenolic OH excluding ortho intramolecular Hbond substituents is 1. The number of aromatic hydroxyl groups is 1. The van der Waals surface area contributed by atoms with Crippen LogP contribution in [0.25, 0.3) is 11.1 Å². The van der Waals surface area contributed by atoms with Gasteiger partial charge in [-0.3, -0.25) is 4.98 Å². The van der Waals surface area contributed by atoms with Gasteiger partial charge in [-0.2, -0.15) is 0 Å². The van der Waals surface area contributed by atoms with Gasteiger partial charge in [0.15, 0.2) is 0 Å². The lowest BCUT2D eigenvalue weighted by molar-refractivity contribution is 0.138. The van der Waals surface area contributed by atoms with E-state index < -0.39 is 0 Å². The first-order chi connectivity index (χ1) is 14.5. The molecule has 1 aromatic heterocycles. The number of ether oxygens (including phenoxy) is 1. The molecule has 2 aliphatic rings. The number of benzene rings is 2. The molecule has 3 heterocycles. The topological polar surface area (TPSA) is 48.8 Å². The number of fused-ring (bicyclic) bond motifs is 1. The zero-order chi connectivity index (χ0) is 20.7. The number of hydrogen-bond donors (Lipinski definition) is 1. The number of aromatic nitrogens is 1. The highest BCUT2D eigenvalue weighted by atomic mass is 16.5. The smallest absolute Gasteiger partial charge is 0.124 e. The number of anilines is 2. The van der Waals surface area contributed by atoms with Crippen LogP contribution in [0.4, 0.5) is 11.4 Å². The van der Waals surface area contributed by atoms with Gasteiger partial charge < -0.3 is 19.6 Å². The van der Waals surface area contributed by atoms with E-state index in [-0.39, 0.29) is 5.60 Å². The largest absolute Gasteiger partial charge is 0.508 e. The highest BCUT2D eigenvalue weighted by Gasteiger charge is 2.32. The Morgan fingerprint density at radius 3 is 2.40 bits per heavy atom. The predicted octanol–water partition coefficient (Wildman–Crippen LogP) is 4.49. The number of piperazine rings is 1. The second-order valence-electron chi connectivity index (χ2n) is 8.75. The van der Waals surface area contributed by atoms with Gasteiger partial charge in [0.2, 0.25) is 0 Å². The van der Waals surface area contributed by atoms with Gasteiger partial charge in [0, 0.05) is 73.1 Å². The third-order valence-electron chi connectivity index (χ3n) is 5.99. The molecular formula is C25H27N3O2. The van der Waals surface area contributed by atoms with E-state index in [1.807, 2.05) is 30.6 Å². The predicted molar refractivity (Wildman–Crippen MR) is 121 cm³/mol. The number of pyridine rings is 1. The van der Waals surface area contributed by atoms with Crippen LogP contribution in [0.15, 0.2) is 60.9 Å². The number of nitrogens with zero attached hydrogens (tertiary/aromatic N) is 3. The molecule has 1 fully saturated rings. The summed E-state index contributed by atoms with van der Waals surface area (Å²) in [6.07, 6.45) is 4.67. The van der Waals surface area contributed by atoms with Crippen LogP contribution in [0.3, 0.4) is 0 Å². The van der Waals surface area contributed by atoms with Gasteiger partial charge in [0.05, 0.1) is 0 Å². The maximum absolute atomic E-state index is 9.56. The molecule has 154 valence electrons. The highest BCUT2D eigenvalue weighted by Crippen LogP contribution is 2.43. The summed E-state index contributed by atoms with van der Waals surface area (Å²) in [5.41, 5.74) is 5.83. The lowest BCUT2D eigenvalue weighted by atomic mass is 9.97. The van der Waals surface area contributed by atoms with Crippen molar-refractivity contribution >= 4 is 11.4 Å². The molecule has 0 atom stereocenters. The second kappa shape index (κ2) is 7.24. The van der Waals surface area contributed by atoms with Crippen molar-refractivity contribution in [1.82, 2.24) is 4.98 Å². The minimum absolute atomic E-state index is 0.162. The SMILES string of the molecule is CC1(C)Cc2cc(N3CCN(c4ccc(O)cc4)CC3)c(-c3cccnc3)cc2O1. The van der Waals surface area contributed by atoms with Crippen molar-refractivity contribution in [2.75, 3.05) is 36.0 Å². The molecule has 2 aromatic carbocycles. The van der Waals surface area contributed by atoms with E-state index in [0.717, 1.165) is 49.6 Å².